The minimum atomic E-state index is -4.52. The molecule has 0 saturated heterocycles. The molecular formula is C13H24F3N3O2. The first-order chi connectivity index (χ1) is 9.56. The van der Waals surface area contributed by atoms with Crippen molar-refractivity contribution in [2.24, 2.45) is 11.7 Å². The number of alkyl halides is 3. The van der Waals surface area contributed by atoms with Gasteiger partial charge in [-0.25, -0.2) is 0 Å². The Hall–Kier alpha value is -1.31. The van der Waals surface area contributed by atoms with Gasteiger partial charge in [0.2, 0.25) is 11.8 Å². The van der Waals surface area contributed by atoms with E-state index in [4.69, 9.17) is 5.73 Å². The monoisotopic (exact) mass is 311 g/mol. The molecule has 0 aromatic carbocycles. The third-order valence-corrected chi connectivity index (χ3v) is 3.06. The smallest absolute Gasteiger partial charge is 0.347 e. The number of likely N-dealkylation sites (N-methyl/N-ethyl adjacent to an activating group) is 1. The van der Waals surface area contributed by atoms with Gasteiger partial charge in [-0.05, 0) is 25.3 Å². The van der Waals surface area contributed by atoms with E-state index in [2.05, 4.69) is 0 Å². The fourth-order valence-electron chi connectivity index (χ4n) is 1.71. The van der Waals surface area contributed by atoms with Crippen LogP contribution in [-0.2, 0) is 9.59 Å². The molecule has 0 aliphatic heterocycles. The second kappa shape index (κ2) is 8.86. The van der Waals surface area contributed by atoms with E-state index in [1.165, 1.54) is 14.1 Å². The highest BCUT2D eigenvalue weighted by molar-refractivity contribution is 5.84. The molecule has 21 heavy (non-hydrogen) atoms. The predicted molar refractivity (Wildman–Crippen MR) is 73.4 cm³/mol. The van der Waals surface area contributed by atoms with Crippen LogP contribution in [0, 0.1) is 5.92 Å². The number of halogens is 3. The lowest BCUT2D eigenvalue weighted by molar-refractivity contribution is -0.164. The van der Waals surface area contributed by atoms with E-state index in [0.717, 1.165) is 4.90 Å². The number of amides is 2. The maximum Gasteiger partial charge on any atom is 0.406 e. The maximum absolute atomic E-state index is 12.5. The highest BCUT2D eigenvalue weighted by atomic mass is 19.4. The van der Waals surface area contributed by atoms with Gasteiger partial charge in [-0.2, -0.15) is 13.2 Å². The molecule has 0 rings (SSSR count). The zero-order valence-electron chi connectivity index (χ0n) is 12.7. The molecule has 2 N–H and O–H groups in total. The van der Waals surface area contributed by atoms with Crippen LogP contribution in [-0.4, -0.2) is 61.5 Å². The van der Waals surface area contributed by atoms with Crippen molar-refractivity contribution in [1.82, 2.24) is 9.80 Å². The Morgan fingerprint density at radius 3 is 2.14 bits per heavy atom. The lowest BCUT2D eigenvalue weighted by Crippen LogP contribution is -2.44. The predicted octanol–water partition coefficient (Wildman–Crippen LogP) is 1.23. The van der Waals surface area contributed by atoms with Crippen LogP contribution in [0.5, 0.6) is 0 Å². The molecule has 5 nitrogen and oxygen atoms in total. The van der Waals surface area contributed by atoms with Crippen LogP contribution in [0.2, 0.25) is 0 Å². The topological polar surface area (TPSA) is 66.6 Å². The molecule has 0 aliphatic carbocycles. The highest BCUT2D eigenvalue weighted by Crippen LogP contribution is 2.18. The minimum absolute atomic E-state index is 0.0159. The number of carbonyl (C=O) groups is 2. The molecule has 8 heteroatoms. The van der Waals surface area contributed by atoms with Crippen LogP contribution in [0.15, 0.2) is 0 Å². The number of carbonyl (C=O) groups excluding carboxylic acids is 2. The van der Waals surface area contributed by atoms with Crippen LogP contribution in [0.4, 0.5) is 13.2 Å². The first kappa shape index (κ1) is 19.7. The van der Waals surface area contributed by atoms with Crippen molar-refractivity contribution in [3.8, 4) is 0 Å². The maximum atomic E-state index is 12.5. The van der Waals surface area contributed by atoms with Crippen molar-refractivity contribution in [3.05, 3.63) is 0 Å². The molecule has 1 unspecified atom stereocenters. The summed E-state index contributed by atoms with van der Waals surface area (Å²) in [6, 6.07) is 0. The zero-order chi connectivity index (χ0) is 16.6. The normalized spacial score (nSPS) is 12.9. The van der Waals surface area contributed by atoms with E-state index in [1.807, 2.05) is 6.92 Å². The Bertz CT molecular complexity index is 346. The number of rotatable bonds is 8. The van der Waals surface area contributed by atoms with Crippen molar-refractivity contribution in [1.29, 1.82) is 0 Å². The quantitative estimate of drug-likeness (QED) is 0.733. The average Bonchev–Trinajstić information content (AvgIpc) is 2.33. The summed E-state index contributed by atoms with van der Waals surface area (Å²) >= 11 is 0. The van der Waals surface area contributed by atoms with Gasteiger partial charge in [-0.1, -0.05) is 6.92 Å². The second-order valence-corrected chi connectivity index (χ2v) is 5.37. The molecule has 0 fully saturated rings. The Balaban J connectivity index is 4.63. The van der Waals surface area contributed by atoms with Gasteiger partial charge in [-0.3, -0.25) is 9.59 Å². The Morgan fingerprint density at radius 2 is 1.71 bits per heavy atom. The number of hydrogen-bond donors (Lipinski definition) is 1. The highest BCUT2D eigenvalue weighted by Gasteiger charge is 2.34. The van der Waals surface area contributed by atoms with E-state index >= 15 is 0 Å². The zero-order valence-corrected chi connectivity index (χ0v) is 12.7. The molecular weight excluding hydrogens is 287 g/mol. The molecule has 0 aromatic rings. The summed E-state index contributed by atoms with van der Waals surface area (Å²) in [6.45, 7) is 0.396. The van der Waals surface area contributed by atoms with Crippen molar-refractivity contribution >= 4 is 11.8 Å². The van der Waals surface area contributed by atoms with Gasteiger partial charge in [-0.15, -0.1) is 0 Å². The Morgan fingerprint density at radius 1 is 1.14 bits per heavy atom. The molecule has 1 atom stereocenters. The van der Waals surface area contributed by atoms with Gasteiger partial charge in [0.05, 0.1) is 0 Å². The first-order valence-electron chi connectivity index (χ1n) is 6.81. The van der Waals surface area contributed by atoms with E-state index in [1.54, 1.807) is 0 Å². The molecule has 124 valence electrons. The van der Waals surface area contributed by atoms with E-state index in [-0.39, 0.29) is 12.3 Å². The lowest BCUT2D eigenvalue weighted by atomic mass is 10.0. The van der Waals surface area contributed by atoms with Crippen molar-refractivity contribution in [2.45, 2.75) is 32.4 Å². The summed E-state index contributed by atoms with van der Waals surface area (Å²) in [6.07, 6.45) is -3.37. The van der Waals surface area contributed by atoms with Crippen LogP contribution >= 0.6 is 0 Å². The SMILES string of the molecule is CC(CCN)CCC(=O)N(CC(=O)N(C)C)CC(F)(F)F. The molecule has 0 aromatic heterocycles. The fourth-order valence-corrected chi connectivity index (χ4v) is 1.71. The molecule has 0 radical (unpaired) electrons. The van der Waals surface area contributed by atoms with Gasteiger partial charge in [0.25, 0.3) is 0 Å². The molecule has 0 heterocycles. The summed E-state index contributed by atoms with van der Waals surface area (Å²) in [5.41, 5.74) is 5.38. The van der Waals surface area contributed by atoms with Crippen LogP contribution in [0.1, 0.15) is 26.2 Å². The third-order valence-electron chi connectivity index (χ3n) is 3.06. The van der Waals surface area contributed by atoms with E-state index in [9.17, 15) is 22.8 Å². The minimum Gasteiger partial charge on any atom is -0.347 e. The van der Waals surface area contributed by atoms with Gasteiger partial charge >= 0.3 is 6.18 Å². The summed E-state index contributed by atoms with van der Waals surface area (Å²) < 4.78 is 37.5. The van der Waals surface area contributed by atoms with Crippen molar-refractivity contribution in [2.75, 3.05) is 33.7 Å². The molecule has 0 aliphatic rings. The third kappa shape index (κ3) is 9.28. The molecule has 2 amide bonds. The van der Waals surface area contributed by atoms with Crippen molar-refractivity contribution < 1.29 is 22.8 Å². The van der Waals surface area contributed by atoms with Crippen molar-refractivity contribution in [3.63, 3.8) is 0 Å². The summed E-state index contributed by atoms with van der Waals surface area (Å²) in [5, 5.41) is 0. The largest absolute Gasteiger partial charge is 0.406 e. The summed E-state index contributed by atoms with van der Waals surface area (Å²) in [7, 11) is 2.86. The summed E-state index contributed by atoms with van der Waals surface area (Å²) in [4.78, 5) is 25.2. The average molecular weight is 311 g/mol. The number of nitrogens with zero attached hydrogens (tertiary/aromatic N) is 2. The number of nitrogens with two attached hydrogens (primary N) is 1. The second-order valence-electron chi connectivity index (χ2n) is 5.37. The molecule has 0 spiro atoms. The lowest BCUT2D eigenvalue weighted by Gasteiger charge is -2.25. The fraction of sp³-hybridized carbons (Fsp3) is 0.846. The van der Waals surface area contributed by atoms with Gasteiger partial charge in [0.1, 0.15) is 13.1 Å². The molecule has 0 bridgehead atoms. The standard InChI is InChI=1S/C13H24F3N3O2/c1-10(6-7-17)4-5-11(20)19(9-13(14,15)16)8-12(21)18(2)3/h10H,4-9,17H2,1-3H3. The van der Waals surface area contributed by atoms with Gasteiger partial charge < -0.3 is 15.5 Å². The Kier molecular flexibility index (Phi) is 8.31. The van der Waals surface area contributed by atoms with Crippen LogP contribution in [0.25, 0.3) is 0 Å². The first-order valence-corrected chi connectivity index (χ1v) is 6.81. The van der Waals surface area contributed by atoms with E-state index in [0.29, 0.717) is 24.3 Å². The van der Waals surface area contributed by atoms with Gasteiger partial charge in [0.15, 0.2) is 0 Å². The van der Waals surface area contributed by atoms with Crippen LogP contribution in [0.3, 0.4) is 0 Å². The molecule has 0 saturated carbocycles. The summed E-state index contributed by atoms with van der Waals surface area (Å²) in [5.74, 6) is -1.04. The van der Waals surface area contributed by atoms with Gasteiger partial charge in [0, 0.05) is 20.5 Å². The Labute approximate surface area is 123 Å². The van der Waals surface area contributed by atoms with Crippen LogP contribution < -0.4 is 5.73 Å². The number of hydrogen-bond acceptors (Lipinski definition) is 3. The van der Waals surface area contributed by atoms with E-state index < -0.39 is 31.1 Å².